The number of hydrogen-bond donors (Lipinski definition) is 1. The largest absolute Gasteiger partial charge is 2.00 e. The summed E-state index contributed by atoms with van der Waals surface area (Å²) in [5, 5.41) is 0.214. The van der Waals surface area contributed by atoms with Crippen LogP contribution in [0.1, 0.15) is 5.69 Å². The molecule has 0 spiro atoms. The second-order valence-electron chi connectivity index (χ2n) is 5.12. The van der Waals surface area contributed by atoms with Crippen LogP contribution in [0.2, 0.25) is 0 Å². The van der Waals surface area contributed by atoms with Gasteiger partial charge in [0.05, 0.1) is 53.7 Å². The van der Waals surface area contributed by atoms with E-state index in [2.05, 4.69) is 19.7 Å². The molecule has 1 N–H and O–H groups in total. The average molecular weight is 464 g/mol. The summed E-state index contributed by atoms with van der Waals surface area (Å²) in [4.78, 5) is 11.3. The van der Waals surface area contributed by atoms with Crippen LogP contribution in [-0.4, -0.2) is 115 Å². The molecule has 0 fully saturated rings. The molecule has 3 aromatic rings. The molecule has 2 heterocycles. The van der Waals surface area contributed by atoms with Crippen LogP contribution in [0.3, 0.4) is 0 Å². The molecule has 138 valence electrons. The predicted molar refractivity (Wildman–Crippen MR) is 102 cm³/mol. The van der Waals surface area contributed by atoms with Crippen LogP contribution in [0.25, 0.3) is 11.0 Å². The van der Waals surface area contributed by atoms with E-state index in [4.69, 9.17) is 9.47 Å². The predicted octanol–water partition coefficient (Wildman–Crippen LogP) is 2.12. The molecule has 0 bridgehead atoms. The van der Waals surface area contributed by atoms with Crippen LogP contribution < -0.4 is 14.2 Å². The maximum atomic E-state index is 12.6. The third kappa shape index (κ3) is 6.38. The van der Waals surface area contributed by atoms with Crippen molar-refractivity contribution in [1.82, 2.24) is 15.0 Å². The van der Waals surface area contributed by atoms with Crippen molar-refractivity contribution < 1.29 is 27.2 Å². The Morgan fingerprint density at radius 1 is 1.14 bits per heavy atom. The van der Waals surface area contributed by atoms with Gasteiger partial charge in [0.15, 0.2) is 16.7 Å². The van der Waals surface area contributed by atoms with Gasteiger partial charge >= 0.3 is 82.1 Å². The van der Waals surface area contributed by atoms with Crippen LogP contribution in [0.15, 0.2) is 35.6 Å². The summed E-state index contributed by atoms with van der Waals surface area (Å²) in [5.41, 5.74) is 1.48. The van der Waals surface area contributed by atoms with E-state index in [-0.39, 0.29) is 92.1 Å². The summed E-state index contributed by atoms with van der Waals surface area (Å²) < 4.78 is 51.8. The first kappa shape index (κ1) is 25.8. The summed E-state index contributed by atoms with van der Waals surface area (Å²) in [5.74, 6) is 1.04. The fourth-order valence-electron chi connectivity index (χ4n) is 2.31. The molecule has 0 saturated carbocycles. The molecule has 0 aliphatic carbocycles. The van der Waals surface area contributed by atoms with Gasteiger partial charge in [0, 0.05) is 12.1 Å². The zero-order valence-electron chi connectivity index (χ0n) is 15.3. The van der Waals surface area contributed by atoms with Gasteiger partial charge in [-0.3, -0.25) is 9.19 Å². The average Bonchev–Trinajstić information content (AvgIpc) is 3.04. The van der Waals surface area contributed by atoms with Gasteiger partial charge in [-0.25, -0.2) is 4.98 Å². The first-order chi connectivity index (χ1) is 12.5. The number of pyridine rings is 1. The second-order valence-corrected chi connectivity index (χ2v) is 6.49. The second kappa shape index (κ2) is 11.8. The van der Waals surface area contributed by atoms with Crippen molar-refractivity contribution in [2.45, 2.75) is 17.5 Å². The van der Waals surface area contributed by atoms with Gasteiger partial charge < -0.3 is 19.2 Å². The summed E-state index contributed by atoms with van der Waals surface area (Å²) in [6.45, 7) is -2.92. The number of H-pyrrole nitrogens is 1. The van der Waals surface area contributed by atoms with Crippen LogP contribution in [-0.2, 0) is 16.6 Å². The van der Waals surface area contributed by atoms with Crippen molar-refractivity contribution in [1.29, 1.82) is 0 Å². The van der Waals surface area contributed by atoms with E-state index in [1.807, 2.05) is 0 Å². The molecule has 0 amide bonds. The topological polar surface area (TPSA) is 86.3 Å². The standard InChI is InChI=1S/C16H15F2N3O4S.2Ca/c1-23-13-5-9(19-7-14(13)24-2)8-26(22)16-20-11-4-3-10(25-15(17)18)6-12(11)21-16;;/h3-7,15H,8H2,1-2H3,(H,20,21);;/q;2*+2. The van der Waals surface area contributed by atoms with E-state index in [0.717, 1.165) is 0 Å². The smallest absolute Gasteiger partial charge is 0.493 e. The van der Waals surface area contributed by atoms with Crippen LogP contribution in [0.5, 0.6) is 17.2 Å². The van der Waals surface area contributed by atoms with E-state index in [1.54, 1.807) is 6.07 Å². The zero-order valence-corrected chi connectivity index (χ0v) is 20.5. The van der Waals surface area contributed by atoms with Gasteiger partial charge in [-0.15, -0.1) is 0 Å². The molecule has 0 saturated heterocycles. The molecule has 0 aliphatic heterocycles. The molecular formula is C16H15Ca2F2N3O4S+4. The number of aromatic amines is 1. The number of ether oxygens (including phenoxy) is 3. The number of aromatic nitrogens is 3. The maximum absolute atomic E-state index is 12.6. The van der Waals surface area contributed by atoms with Gasteiger partial charge in [0.25, 0.3) is 0 Å². The van der Waals surface area contributed by atoms with Gasteiger partial charge in [0.1, 0.15) is 5.75 Å². The third-order valence-corrected chi connectivity index (χ3v) is 4.66. The van der Waals surface area contributed by atoms with Crippen molar-refractivity contribution in [3.8, 4) is 17.2 Å². The molecule has 0 radical (unpaired) electrons. The summed E-state index contributed by atoms with van der Waals surface area (Å²) >= 11 is 0. The number of nitrogens with one attached hydrogen (secondary N) is 1. The summed E-state index contributed by atoms with van der Waals surface area (Å²) in [6.07, 6.45) is 1.48. The Morgan fingerprint density at radius 2 is 1.86 bits per heavy atom. The number of imidazole rings is 1. The summed E-state index contributed by atoms with van der Waals surface area (Å²) in [6, 6.07) is 5.90. The fourth-order valence-corrected chi connectivity index (χ4v) is 3.30. The number of alkyl halides is 2. The minimum atomic E-state index is -2.92. The first-order valence-corrected chi connectivity index (χ1v) is 8.72. The molecule has 2 aromatic heterocycles. The minimum Gasteiger partial charge on any atom is -0.493 e. The summed E-state index contributed by atoms with van der Waals surface area (Å²) in [7, 11) is 1.48. The molecular weight excluding hydrogens is 448 g/mol. The van der Waals surface area contributed by atoms with E-state index >= 15 is 0 Å². The van der Waals surface area contributed by atoms with Crippen molar-refractivity contribution in [3.63, 3.8) is 0 Å². The molecule has 3 rings (SSSR count). The first-order valence-electron chi connectivity index (χ1n) is 7.40. The zero-order chi connectivity index (χ0) is 18.7. The minimum absolute atomic E-state index is 0. The number of rotatable bonds is 7. The van der Waals surface area contributed by atoms with Crippen molar-refractivity contribution in [3.05, 3.63) is 36.2 Å². The Kier molecular flexibility index (Phi) is 10.9. The van der Waals surface area contributed by atoms with Crippen molar-refractivity contribution >= 4 is 97.3 Å². The third-order valence-electron chi connectivity index (χ3n) is 3.48. The van der Waals surface area contributed by atoms with Crippen molar-refractivity contribution in [2.24, 2.45) is 0 Å². The number of nitrogens with zero attached hydrogens (tertiary/aromatic N) is 2. The van der Waals surface area contributed by atoms with Gasteiger partial charge in [0.2, 0.25) is 0 Å². The molecule has 1 aromatic carbocycles. The van der Waals surface area contributed by atoms with Gasteiger partial charge in [-0.2, -0.15) is 8.78 Å². The number of methoxy groups -OCH3 is 2. The number of halogens is 2. The van der Waals surface area contributed by atoms with Gasteiger partial charge in [-0.1, -0.05) is 0 Å². The maximum Gasteiger partial charge on any atom is 2.00 e. The molecule has 28 heavy (non-hydrogen) atoms. The van der Waals surface area contributed by atoms with E-state index in [0.29, 0.717) is 28.2 Å². The van der Waals surface area contributed by atoms with E-state index in [1.165, 1.54) is 38.6 Å². The number of fused-ring (bicyclic) bond motifs is 1. The number of benzene rings is 1. The molecule has 1 unspecified atom stereocenters. The Labute approximate surface area is 222 Å². The molecule has 12 heteroatoms. The molecule has 1 atom stereocenters. The van der Waals surface area contributed by atoms with Crippen molar-refractivity contribution in [2.75, 3.05) is 14.2 Å². The monoisotopic (exact) mass is 463 g/mol. The Morgan fingerprint density at radius 3 is 2.50 bits per heavy atom. The fraction of sp³-hybridized carbons (Fsp3) is 0.250. The number of hydrogen-bond acceptors (Lipinski definition) is 6. The van der Waals surface area contributed by atoms with Crippen LogP contribution in [0.4, 0.5) is 8.78 Å². The van der Waals surface area contributed by atoms with E-state index < -0.39 is 17.4 Å². The van der Waals surface area contributed by atoms with Crippen LogP contribution >= 0.6 is 0 Å². The Bertz CT molecular complexity index is 959. The Balaban J connectivity index is 0.00000196. The van der Waals surface area contributed by atoms with E-state index in [9.17, 15) is 13.0 Å². The molecule has 7 nitrogen and oxygen atoms in total. The SMILES string of the molecule is COc1cnc(CS(=O)c2nc3ccc(OC(F)F)cc3[nH]2)cc1OC.[Ca+2].[Ca+2]. The Hall–Kier alpha value is -0.231. The van der Waals surface area contributed by atoms with Crippen LogP contribution in [0, 0.1) is 0 Å². The van der Waals surface area contributed by atoms with Gasteiger partial charge in [-0.05, 0) is 12.1 Å². The normalized spacial score (nSPS) is 11.5. The quantitative estimate of drug-likeness (QED) is 0.541. The molecule has 0 aliphatic rings.